The van der Waals surface area contributed by atoms with Crippen molar-refractivity contribution in [1.29, 1.82) is 0 Å². The van der Waals surface area contributed by atoms with Crippen molar-refractivity contribution < 1.29 is 4.79 Å². The molecule has 1 aromatic carbocycles. The van der Waals surface area contributed by atoms with E-state index in [0.717, 1.165) is 48.1 Å². The van der Waals surface area contributed by atoms with Crippen LogP contribution >= 0.6 is 15.9 Å². The molecule has 1 heterocycles. The van der Waals surface area contributed by atoms with Gasteiger partial charge in [-0.25, -0.2) is 0 Å². The van der Waals surface area contributed by atoms with Crippen LogP contribution in [0.3, 0.4) is 0 Å². The summed E-state index contributed by atoms with van der Waals surface area (Å²) in [6, 6.07) is 6.24. The van der Waals surface area contributed by atoms with Gasteiger partial charge in [0.2, 0.25) is 0 Å². The molecule has 1 N–H and O–H groups in total. The van der Waals surface area contributed by atoms with Crippen LogP contribution in [0, 0.1) is 6.92 Å². The Morgan fingerprint density at radius 3 is 2.68 bits per heavy atom. The van der Waals surface area contributed by atoms with Crippen LogP contribution in [-0.4, -0.2) is 36.5 Å². The van der Waals surface area contributed by atoms with Crippen molar-refractivity contribution in [2.24, 2.45) is 0 Å². The number of hydrogen-bond acceptors (Lipinski definition) is 2. The maximum absolute atomic E-state index is 12.7. The van der Waals surface area contributed by atoms with E-state index in [-0.39, 0.29) is 5.91 Å². The predicted octanol–water partition coefficient (Wildman–Crippen LogP) is 2.97. The summed E-state index contributed by atoms with van der Waals surface area (Å²) < 4.78 is 1.02. The molecular weight excluding hydrogens is 304 g/mol. The fourth-order valence-electron chi connectivity index (χ4n) is 2.71. The van der Waals surface area contributed by atoms with Crippen LogP contribution < -0.4 is 5.32 Å². The van der Waals surface area contributed by atoms with E-state index in [2.05, 4.69) is 28.2 Å². The monoisotopic (exact) mass is 324 g/mol. The van der Waals surface area contributed by atoms with Crippen LogP contribution in [0.4, 0.5) is 0 Å². The average Bonchev–Trinajstić information content (AvgIpc) is 2.40. The van der Waals surface area contributed by atoms with Crippen molar-refractivity contribution in [2.45, 2.75) is 32.7 Å². The lowest BCUT2D eigenvalue weighted by molar-refractivity contribution is 0.0655. The largest absolute Gasteiger partial charge is 0.336 e. The van der Waals surface area contributed by atoms with Crippen molar-refractivity contribution >= 4 is 21.8 Å². The Kier molecular flexibility index (Phi) is 4.99. The van der Waals surface area contributed by atoms with Crippen LogP contribution in [0.15, 0.2) is 22.7 Å². The average molecular weight is 325 g/mol. The lowest BCUT2D eigenvalue weighted by Gasteiger charge is -2.34. The van der Waals surface area contributed by atoms with E-state index < -0.39 is 0 Å². The molecule has 0 atom stereocenters. The van der Waals surface area contributed by atoms with Crippen molar-refractivity contribution in [3.8, 4) is 0 Å². The molecule has 4 heteroatoms. The van der Waals surface area contributed by atoms with E-state index in [0.29, 0.717) is 6.04 Å². The summed E-state index contributed by atoms with van der Waals surface area (Å²) in [6.07, 6.45) is 2.10. The third kappa shape index (κ3) is 3.37. The number of hydrogen-bond donors (Lipinski definition) is 1. The summed E-state index contributed by atoms with van der Waals surface area (Å²) in [4.78, 5) is 14.7. The molecule has 0 radical (unpaired) electrons. The van der Waals surface area contributed by atoms with E-state index >= 15 is 0 Å². The standard InChI is InChI=1S/C15H21BrN2O/c1-3-18(13-6-8-17-9-7-13)15(19)14-5-4-12(16)10-11(14)2/h4-5,10,13,17H,3,6-9H2,1-2H3. The number of nitrogens with one attached hydrogen (secondary N) is 1. The smallest absolute Gasteiger partial charge is 0.254 e. The third-order valence-electron chi connectivity index (χ3n) is 3.77. The second-order valence-electron chi connectivity index (χ2n) is 5.03. The highest BCUT2D eigenvalue weighted by Crippen LogP contribution is 2.20. The number of nitrogens with zero attached hydrogens (tertiary/aromatic N) is 1. The Hall–Kier alpha value is -0.870. The third-order valence-corrected chi connectivity index (χ3v) is 4.26. The molecule has 3 nitrogen and oxygen atoms in total. The van der Waals surface area contributed by atoms with Crippen LogP contribution in [0.2, 0.25) is 0 Å². The molecule has 1 aliphatic rings. The highest BCUT2D eigenvalue weighted by atomic mass is 79.9. The molecule has 0 aliphatic carbocycles. The van der Waals surface area contributed by atoms with Gasteiger partial charge in [0.25, 0.3) is 5.91 Å². The highest BCUT2D eigenvalue weighted by molar-refractivity contribution is 9.10. The van der Waals surface area contributed by atoms with Gasteiger partial charge in [0.1, 0.15) is 0 Å². The van der Waals surface area contributed by atoms with Crippen molar-refractivity contribution in [3.63, 3.8) is 0 Å². The fraction of sp³-hybridized carbons (Fsp3) is 0.533. The normalized spacial score (nSPS) is 16.4. The van der Waals surface area contributed by atoms with E-state index in [9.17, 15) is 4.79 Å². The zero-order valence-electron chi connectivity index (χ0n) is 11.6. The molecule has 0 bridgehead atoms. The van der Waals surface area contributed by atoms with E-state index in [4.69, 9.17) is 0 Å². The molecule has 0 aromatic heterocycles. The number of carbonyl (C=O) groups excluding carboxylic acids is 1. The van der Waals surface area contributed by atoms with Crippen molar-refractivity contribution in [2.75, 3.05) is 19.6 Å². The minimum Gasteiger partial charge on any atom is -0.336 e. The van der Waals surface area contributed by atoms with Gasteiger partial charge in [0.05, 0.1) is 0 Å². The maximum Gasteiger partial charge on any atom is 0.254 e. The number of benzene rings is 1. The molecule has 1 amide bonds. The lowest BCUT2D eigenvalue weighted by Crippen LogP contribution is -2.46. The first-order valence-electron chi connectivity index (χ1n) is 6.91. The van der Waals surface area contributed by atoms with E-state index in [1.54, 1.807) is 0 Å². The number of amides is 1. The second kappa shape index (κ2) is 6.53. The van der Waals surface area contributed by atoms with Crippen molar-refractivity contribution in [3.05, 3.63) is 33.8 Å². The fourth-order valence-corrected chi connectivity index (χ4v) is 3.18. The second-order valence-corrected chi connectivity index (χ2v) is 5.95. The summed E-state index contributed by atoms with van der Waals surface area (Å²) in [5.41, 5.74) is 1.86. The molecule has 0 spiro atoms. The first-order valence-corrected chi connectivity index (χ1v) is 7.70. The summed E-state index contributed by atoms with van der Waals surface area (Å²) >= 11 is 3.44. The molecule has 1 fully saturated rings. The number of carbonyl (C=O) groups is 1. The van der Waals surface area contributed by atoms with Gasteiger partial charge in [0.15, 0.2) is 0 Å². The van der Waals surface area contributed by atoms with Gasteiger partial charge in [0, 0.05) is 22.6 Å². The minimum absolute atomic E-state index is 0.166. The molecule has 19 heavy (non-hydrogen) atoms. The molecule has 1 saturated heterocycles. The number of halogens is 1. The zero-order valence-corrected chi connectivity index (χ0v) is 13.2. The Morgan fingerprint density at radius 1 is 1.42 bits per heavy atom. The number of piperidine rings is 1. The number of rotatable bonds is 3. The van der Waals surface area contributed by atoms with Crippen LogP contribution in [-0.2, 0) is 0 Å². The van der Waals surface area contributed by atoms with Gasteiger partial charge in [-0.05, 0) is 63.5 Å². The first kappa shape index (κ1) is 14.5. The molecule has 2 rings (SSSR count). The Morgan fingerprint density at radius 2 is 2.11 bits per heavy atom. The Bertz CT molecular complexity index is 455. The molecular formula is C15H21BrN2O. The molecule has 0 saturated carbocycles. The highest BCUT2D eigenvalue weighted by Gasteiger charge is 2.25. The molecule has 1 aliphatic heterocycles. The van der Waals surface area contributed by atoms with Gasteiger partial charge >= 0.3 is 0 Å². The molecule has 1 aromatic rings. The lowest BCUT2D eigenvalue weighted by atomic mass is 10.0. The zero-order chi connectivity index (χ0) is 13.8. The Balaban J connectivity index is 2.19. The number of aryl methyl sites for hydroxylation is 1. The van der Waals surface area contributed by atoms with Gasteiger partial charge < -0.3 is 10.2 Å². The predicted molar refractivity (Wildman–Crippen MR) is 81.5 cm³/mol. The maximum atomic E-state index is 12.7. The SMILES string of the molecule is CCN(C(=O)c1ccc(Br)cc1C)C1CCNCC1. The van der Waals surface area contributed by atoms with Gasteiger partial charge in [-0.3, -0.25) is 4.79 Å². The Labute approximate surface area is 123 Å². The first-order chi connectivity index (χ1) is 9.13. The van der Waals surface area contributed by atoms with Crippen LogP contribution in [0.25, 0.3) is 0 Å². The van der Waals surface area contributed by atoms with Gasteiger partial charge in [-0.2, -0.15) is 0 Å². The topological polar surface area (TPSA) is 32.3 Å². The van der Waals surface area contributed by atoms with Crippen LogP contribution in [0.1, 0.15) is 35.7 Å². The minimum atomic E-state index is 0.166. The summed E-state index contributed by atoms with van der Waals surface area (Å²) in [5, 5.41) is 3.35. The summed E-state index contributed by atoms with van der Waals surface area (Å²) in [6.45, 7) is 6.85. The quantitative estimate of drug-likeness (QED) is 0.927. The van der Waals surface area contributed by atoms with E-state index in [1.807, 2.05) is 30.0 Å². The van der Waals surface area contributed by atoms with Gasteiger partial charge in [-0.15, -0.1) is 0 Å². The van der Waals surface area contributed by atoms with Crippen molar-refractivity contribution in [1.82, 2.24) is 10.2 Å². The molecule has 104 valence electrons. The van der Waals surface area contributed by atoms with E-state index in [1.165, 1.54) is 0 Å². The summed E-state index contributed by atoms with van der Waals surface area (Å²) in [7, 11) is 0. The van der Waals surface area contributed by atoms with Crippen LogP contribution in [0.5, 0.6) is 0 Å². The summed E-state index contributed by atoms with van der Waals surface area (Å²) in [5.74, 6) is 0.166. The van der Waals surface area contributed by atoms with Gasteiger partial charge in [-0.1, -0.05) is 15.9 Å². The molecule has 0 unspecified atom stereocenters.